The average molecular weight is 352 g/mol. The van der Waals surface area contributed by atoms with Crippen LogP contribution in [0, 0.1) is 18.7 Å². The van der Waals surface area contributed by atoms with E-state index in [1.54, 1.807) is 6.07 Å². The Morgan fingerprint density at radius 3 is 2.77 bits per heavy atom. The first-order valence-corrected chi connectivity index (χ1v) is 8.62. The smallest absolute Gasteiger partial charge is 0.146 e. The lowest BCUT2D eigenvalue weighted by Crippen LogP contribution is -2.16. The quantitative estimate of drug-likeness (QED) is 0.672. The van der Waals surface area contributed by atoms with Crippen molar-refractivity contribution in [3.8, 4) is 5.75 Å². The molecule has 1 saturated carbocycles. The summed E-state index contributed by atoms with van der Waals surface area (Å²) in [6.45, 7) is 6.12. The molecule has 1 aromatic heterocycles. The highest BCUT2D eigenvalue weighted by Crippen LogP contribution is 2.47. The molecule has 0 spiro atoms. The van der Waals surface area contributed by atoms with Gasteiger partial charge in [0.25, 0.3) is 0 Å². The lowest BCUT2D eigenvalue weighted by Gasteiger charge is -2.19. The van der Waals surface area contributed by atoms with Crippen molar-refractivity contribution in [3.05, 3.63) is 48.0 Å². The van der Waals surface area contributed by atoms with Gasteiger partial charge in [0, 0.05) is 17.1 Å². The predicted molar refractivity (Wildman–Crippen MR) is 101 cm³/mol. The van der Waals surface area contributed by atoms with E-state index in [2.05, 4.69) is 22.2 Å². The number of anilines is 3. The van der Waals surface area contributed by atoms with Crippen molar-refractivity contribution in [2.24, 2.45) is 5.92 Å². The van der Waals surface area contributed by atoms with Crippen molar-refractivity contribution in [2.75, 3.05) is 11.1 Å². The van der Waals surface area contributed by atoms with Crippen LogP contribution in [-0.4, -0.2) is 15.6 Å². The SMILES string of the molecule is Cc1cc(N)cc2ncnc(Nc3ccc(F)cc3OC3(C)CC3C)c12. The molecule has 6 heteroatoms. The molecule has 134 valence electrons. The van der Waals surface area contributed by atoms with Gasteiger partial charge in [-0.25, -0.2) is 14.4 Å². The lowest BCUT2D eigenvalue weighted by molar-refractivity contribution is 0.184. The van der Waals surface area contributed by atoms with Crippen LogP contribution in [0.4, 0.5) is 21.6 Å². The van der Waals surface area contributed by atoms with Crippen LogP contribution in [0.15, 0.2) is 36.7 Å². The summed E-state index contributed by atoms with van der Waals surface area (Å²) in [5.41, 5.74) is 8.72. The molecule has 0 saturated heterocycles. The number of halogens is 1. The van der Waals surface area contributed by atoms with Crippen molar-refractivity contribution in [3.63, 3.8) is 0 Å². The highest BCUT2D eigenvalue weighted by molar-refractivity contribution is 5.95. The van der Waals surface area contributed by atoms with Gasteiger partial charge in [-0.1, -0.05) is 6.92 Å². The van der Waals surface area contributed by atoms with E-state index in [0.717, 1.165) is 22.9 Å². The summed E-state index contributed by atoms with van der Waals surface area (Å²) in [7, 11) is 0. The van der Waals surface area contributed by atoms with Crippen molar-refractivity contribution < 1.29 is 9.13 Å². The number of nitrogens with zero attached hydrogens (tertiary/aromatic N) is 2. The number of rotatable bonds is 4. The van der Waals surface area contributed by atoms with Crippen LogP contribution in [0.5, 0.6) is 5.75 Å². The summed E-state index contributed by atoms with van der Waals surface area (Å²) in [5, 5.41) is 4.16. The zero-order valence-electron chi connectivity index (χ0n) is 15.0. The van der Waals surface area contributed by atoms with Gasteiger partial charge in [-0.05, 0) is 56.0 Å². The average Bonchev–Trinajstić information content (AvgIpc) is 3.15. The summed E-state index contributed by atoms with van der Waals surface area (Å²) >= 11 is 0. The molecule has 2 aromatic carbocycles. The van der Waals surface area contributed by atoms with Gasteiger partial charge >= 0.3 is 0 Å². The van der Waals surface area contributed by atoms with Crippen LogP contribution in [0.3, 0.4) is 0 Å². The molecule has 2 atom stereocenters. The molecule has 1 aliphatic rings. The topological polar surface area (TPSA) is 73.1 Å². The zero-order chi connectivity index (χ0) is 18.5. The first kappa shape index (κ1) is 16.6. The monoisotopic (exact) mass is 352 g/mol. The first-order chi connectivity index (χ1) is 12.4. The molecule has 0 radical (unpaired) electrons. The van der Waals surface area contributed by atoms with Crippen LogP contribution in [0.1, 0.15) is 25.8 Å². The maximum atomic E-state index is 13.8. The number of hydrogen-bond donors (Lipinski definition) is 2. The Labute approximate surface area is 151 Å². The fourth-order valence-electron chi connectivity index (χ4n) is 3.27. The maximum Gasteiger partial charge on any atom is 0.146 e. The molecule has 5 nitrogen and oxygen atoms in total. The third kappa shape index (κ3) is 2.92. The van der Waals surface area contributed by atoms with E-state index in [-0.39, 0.29) is 11.4 Å². The summed E-state index contributed by atoms with van der Waals surface area (Å²) in [6.07, 6.45) is 2.44. The molecule has 1 aliphatic carbocycles. The summed E-state index contributed by atoms with van der Waals surface area (Å²) in [4.78, 5) is 8.67. The van der Waals surface area contributed by atoms with E-state index in [0.29, 0.717) is 28.9 Å². The number of aryl methyl sites for hydroxylation is 1. The minimum Gasteiger partial charge on any atom is -0.485 e. The van der Waals surface area contributed by atoms with Crippen molar-refractivity contribution in [2.45, 2.75) is 32.8 Å². The largest absolute Gasteiger partial charge is 0.485 e. The van der Waals surface area contributed by atoms with Gasteiger partial charge in [-0.3, -0.25) is 0 Å². The van der Waals surface area contributed by atoms with Gasteiger partial charge in [-0.2, -0.15) is 0 Å². The molecule has 2 unspecified atom stereocenters. The second kappa shape index (κ2) is 5.83. The van der Waals surface area contributed by atoms with Gasteiger partial charge in [0.05, 0.1) is 11.2 Å². The molecule has 0 aliphatic heterocycles. The predicted octanol–water partition coefficient (Wildman–Crippen LogP) is 4.58. The number of nitrogens with one attached hydrogen (secondary N) is 1. The third-order valence-corrected chi connectivity index (χ3v) is 5.09. The number of hydrogen-bond acceptors (Lipinski definition) is 5. The van der Waals surface area contributed by atoms with Gasteiger partial charge in [0.1, 0.15) is 29.3 Å². The lowest BCUT2D eigenvalue weighted by atomic mass is 10.1. The van der Waals surface area contributed by atoms with Crippen LogP contribution >= 0.6 is 0 Å². The van der Waals surface area contributed by atoms with Gasteiger partial charge < -0.3 is 15.8 Å². The van der Waals surface area contributed by atoms with Crippen molar-refractivity contribution in [1.82, 2.24) is 9.97 Å². The Balaban J connectivity index is 1.75. The third-order valence-electron chi connectivity index (χ3n) is 5.09. The standard InChI is InChI=1S/C20H21FN4O/c1-11-6-14(22)8-16-18(11)19(24-10-23-16)25-15-5-4-13(21)7-17(15)26-20(3)9-12(20)2/h4-8,10,12H,9,22H2,1-3H3,(H,23,24,25). The van der Waals surface area contributed by atoms with Crippen LogP contribution in [0.2, 0.25) is 0 Å². The van der Waals surface area contributed by atoms with Gasteiger partial charge in [0.2, 0.25) is 0 Å². The molecule has 0 amide bonds. The number of ether oxygens (including phenoxy) is 1. The van der Waals surface area contributed by atoms with E-state index in [4.69, 9.17) is 10.5 Å². The molecule has 3 N–H and O–H groups in total. The normalized spacial score (nSPS) is 21.6. The van der Waals surface area contributed by atoms with Crippen LogP contribution in [-0.2, 0) is 0 Å². The molecular formula is C20H21FN4O. The second-order valence-electron chi connectivity index (χ2n) is 7.24. The number of aromatic nitrogens is 2. The number of nitrogen functional groups attached to an aromatic ring is 1. The highest BCUT2D eigenvalue weighted by Gasteiger charge is 2.49. The Morgan fingerprint density at radius 2 is 2.04 bits per heavy atom. The zero-order valence-corrected chi connectivity index (χ0v) is 15.0. The van der Waals surface area contributed by atoms with Crippen molar-refractivity contribution >= 4 is 28.1 Å². The molecule has 1 fully saturated rings. The van der Waals surface area contributed by atoms with Crippen molar-refractivity contribution in [1.29, 1.82) is 0 Å². The van der Waals surface area contributed by atoms with E-state index >= 15 is 0 Å². The minimum absolute atomic E-state index is 0.248. The van der Waals surface area contributed by atoms with E-state index in [1.807, 2.05) is 26.0 Å². The Bertz CT molecular complexity index is 1010. The Morgan fingerprint density at radius 1 is 1.27 bits per heavy atom. The molecular weight excluding hydrogens is 331 g/mol. The van der Waals surface area contributed by atoms with Crippen LogP contribution < -0.4 is 15.8 Å². The Kier molecular flexibility index (Phi) is 3.72. The number of fused-ring (bicyclic) bond motifs is 1. The number of benzene rings is 2. The van der Waals surface area contributed by atoms with Crippen LogP contribution in [0.25, 0.3) is 10.9 Å². The number of nitrogens with two attached hydrogens (primary N) is 1. The van der Waals surface area contributed by atoms with Gasteiger partial charge in [0.15, 0.2) is 0 Å². The van der Waals surface area contributed by atoms with E-state index < -0.39 is 0 Å². The maximum absolute atomic E-state index is 13.8. The second-order valence-corrected chi connectivity index (χ2v) is 7.24. The highest BCUT2D eigenvalue weighted by atomic mass is 19.1. The van der Waals surface area contributed by atoms with E-state index in [9.17, 15) is 4.39 Å². The minimum atomic E-state index is -0.334. The summed E-state index contributed by atoms with van der Waals surface area (Å²) in [6, 6.07) is 8.17. The molecule has 1 heterocycles. The summed E-state index contributed by atoms with van der Waals surface area (Å²) < 4.78 is 19.9. The molecule has 0 bridgehead atoms. The molecule has 4 rings (SSSR count). The van der Waals surface area contributed by atoms with E-state index in [1.165, 1.54) is 18.5 Å². The molecule has 3 aromatic rings. The van der Waals surface area contributed by atoms with Gasteiger partial charge in [-0.15, -0.1) is 0 Å². The Hall–Kier alpha value is -2.89. The summed E-state index contributed by atoms with van der Waals surface area (Å²) in [5.74, 6) is 1.23. The molecule has 26 heavy (non-hydrogen) atoms. The fraction of sp³-hybridized carbons (Fsp3) is 0.300. The fourth-order valence-corrected chi connectivity index (χ4v) is 3.27. The first-order valence-electron chi connectivity index (χ1n) is 8.62.